The number of nitrogens with zero attached hydrogens (tertiary/aromatic N) is 6. The highest BCUT2D eigenvalue weighted by Crippen LogP contribution is 2.45. The molecule has 1 aliphatic carbocycles. The van der Waals surface area contributed by atoms with Crippen molar-refractivity contribution in [3.05, 3.63) is 57.9 Å². The summed E-state index contributed by atoms with van der Waals surface area (Å²) < 4.78 is 24.3. The number of halogens is 1. The van der Waals surface area contributed by atoms with Gasteiger partial charge in [0.05, 0.1) is 40.3 Å². The van der Waals surface area contributed by atoms with E-state index >= 15 is 4.39 Å². The van der Waals surface area contributed by atoms with Crippen molar-refractivity contribution < 1.29 is 9.13 Å². The lowest BCUT2D eigenvalue weighted by atomic mass is 9.94. The summed E-state index contributed by atoms with van der Waals surface area (Å²) in [6.07, 6.45) is 3.48. The van der Waals surface area contributed by atoms with Crippen molar-refractivity contribution in [1.82, 2.24) is 24.9 Å². The van der Waals surface area contributed by atoms with Gasteiger partial charge in [-0.15, -0.1) is 0 Å². The molecule has 0 spiro atoms. The van der Waals surface area contributed by atoms with Gasteiger partial charge in [0, 0.05) is 49.7 Å². The van der Waals surface area contributed by atoms with Gasteiger partial charge in [-0.2, -0.15) is 15.5 Å². The molecule has 39 heavy (non-hydrogen) atoms. The number of H-pyrrole nitrogens is 1. The van der Waals surface area contributed by atoms with Crippen molar-refractivity contribution in [1.29, 1.82) is 5.26 Å². The monoisotopic (exact) mass is 528 g/mol. The molecule has 1 aliphatic heterocycles. The largest absolute Gasteiger partial charge is 0.489 e. The fourth-order valence-corrected chi connectivity index (χ4v) is 5.11. The Morgan fingerprint density at radius 3 is 2.69 bits per heavy atom. The molecule has 2 fully saturated rings. The predicted octanol–water partition coefficient (Wildman–Crippen LogP) is 2.75. The Morgan fingerprint density at radius 2 is 2.03 bits per heavy atom. The number of hydrogen-bond acceptors (Lipinski definition) is 8. The molecule has 1 saturated heterocycles. The number of aryl methyl sites for hydroxylation is 1. The molecule has 11 heteroatoms. The Hall–Kier alpha value is -4.27. The van der Waals surface area contributed by atoms with E-state index in [2.05, 4.69) is 26.3 Å². The fourth-order valence-electron chi connectivity index (χ4n) is 5.11. The number of hydrogen-bond donors (Lipinski definition) is 2. The Labute approximate surface area is 224 Å². The molecule has 2 aliphatic rings. The number of nitrogens with one attached hydrogen (secondary N) is 1. The number of benzene rings is 2. The van der Waals surface area contributed by atoms with Crippen molar-refractivity contribution in [3.8, 4) is 34.2 Å². The second-order valence-corrected chi connectivity index (χ2v) is 10.4. The minimum atomic E-state index is -0.488. The molecule has 3 heterocycles. The van der Waals surface area contributed by atoms with Crippen molar-refractivity contribution in [2.75, 3.05) is 32.1 Å². The van der Waals surface area contributed by atoms with Crippen molar-refractivity contribution in [2.45, 2.75) is 31.5 Å². The van der Waals surface area contributed by atoms with Crippen LogP contribution in [0.3, 0.4) is 0 Å². The molecule has 4 aromatic rings. The molecule has 0 amide bonds. The third-order valence-corrected chi connectivity index (χ3v) is 7.62. The molecule has 10 nitrogen and oxygen atoms in total. The Bertz CT molecular complexity index is 1690. The molecule has 0 unspecified atom stereocenters. The lowest BCUT2D eigenvalue weighted by molar-refractivity contribution is 0.245. The van der Waals surface area contributed by atoms with Gasteiger partial charge in [0.1, 0.15) is 17.4 Å². The summed E-state index contributed by atoms with van der Waals surface area (Å²) in [7, 11) is 5.74. The van der Waals surface area contributed by atoms with Crippen molar-refractivity contribution in [3.63, 3.8) is 0 Å². The van der Waals surface area contributed by atoms with Crippen LogP contribution in [0.15, 0.2) is 35.3 Å². The zero-order valence-corrected chi connectivity index (χ0v) is 22.0. The second-order valence-electron chi connectivity index (χ2n) is 10.4. The number of rotatable bonds is 7. The maximum atomic E-state index is 16.5. The highest BCUT2D eigenvalue weighted by molar-refractivity contribution is 5.93. The van der Waals surface area contributed by atoms with Crippen LogP contribution in [0.25, 0.3) is 33.2 Å². The number of ether oxygens (including phenoxy) is 1. The summed E-state index contributed by atoms with van der Waals surface area (Å²) in [4.78, 5) is 16.5. The van der Waals surface area contributed by atoms with Crippen LogP contribution >= 0.6 is 0 Å². The Kier molecular flexibility index (Phi) is 6.09. The van der Waals surface area contributed by atoms with E-state index in [-0.39, 0.29) is 29.3 Å². The van der Waals surface area contributed by atoms with E-state index in [1.807, 2.05) is 25.1 Å². The normalized spacial score (nSPS) is 15.6. The summed E-state index contributed by atoms with van der Waals surface area (Å²) in [6.45, 7) is 1.48. The van der Waals surface area contributed by atoms with Crippen LogP contribution in [0.2, 0.25) is 0 Å². The van der Waals surface area contributed by atoms with Gasteiger partial charge < -0.3 is 20.3 Å². The number of aromatic nitrogens is 4. The molecule has 3 N–H and O–H groups in total. The highest BCUT2D eigenvalue weighted by atomic mass is 19.1. The third kappa shape index (κ3) is 4.22. The van der Waals surface area contributed by atoms with Gasteiger partial charge in [-0.3, -0.25) is 9.48 Å². The molecule has 0 atom stereocenters. The maximum absolute atomic E-state index is 16.5. The first-order chi connectivity index (χ1) is 18.8. The van der Waals surface area contributed by atoms with Crippen LogP contribution in [-0.4, -0.2) is 64.2 Å². The van der Waals surface area contributed by atoms with Crippen LogP contribution in [-0.2, 0) is 13.6 Å². The molecule has 2 aromatic heterocycles. The molecular formula is C28H29FN8O2. The van der Waals surface area contributed by atoms with Crippen molar-refractivity contribution >= 4 is 16.5 Å². The van der Waals surface area contributed by atoms with E-state index in [9.17, 15) is 10.1 Å². The van der Waals surface area contributed by atoms with E-state index in [1.54, 1.807) is 36.1 Å². The standard InChI is InChI=1S/C28H29FN8O2/c1-35(2)16-13-37(14-16)23-9-24(39-17-5-6-17)20(10-30)25(26(23)29)27-21(12-32-36(27)3)15-4-7-18-19(8-15)22(11-31)33-34-28(18)38/h4,7-9,12,16-17H,5-6,11,13-14,31H2,1-3H3,(H,34,38). The number of anilines is 1. The number of nitriles is 1. The topological polar surface area (TPSA) is 129 Å². The third-order valence-electron chi connectivity index (χ3n) is 7.62. The predicted molar refractivity (Wildman–Crippen MR) is 146 cm³/mol. The van der Waals surface area contributed by atoms with Crippen LogP contribution in [0.4, 0.5) is 10.1 Å². The van der Waals surface area contributed by atoms with Crippen molar-refractivity contribution in [2.24, 2.45) is 12.8 Å². The molecule has 2 aromatic carbocycles. The van der Waals surface area contributed by atoms with Crippen LogP contribution in [0, 0.1) is 17.1 Å². The zero-order chi connectivity index (χ0) is 27.4. The van der Waals surface area contributed by atoms with E-state index < -0.39 is 5.82 Å². The molecular weight excluding hydrogens is 499 g/mol. The number of likely N-dealkylation sites (N-methyl/N-ethyl adjacent to an activating group) is 1. The molecule has 200 valence electrons. The first-order valence-electron chi connectivity index (χ1n) is 12.9. The first kappa shape index (κ1) is 25.0. The quantitative estimate of drug-likeness (QED) is 0.375. The van der Waals surface area contributed by atoms with E-state index in [0.717, 1.165) is 12.8 Å². The highest BCUT2D eigenvalue weighted by Gasteiger charge is 2.35. The smallest absolute Gasteiger partial charge is 0.272 e. The molecule has 1 saturated carbocycles. The van der Waals surface area contributed by atoms with E-state index in [0.29, 0.717) is 63.9 Å². The average Bonchev–Trinajstić information content (AvgIpc) is 3.63. The van der Waals surface area contributed by atoms with Gasteiger partial charge in [-0.05, 0) is 44.6 Å². The SMILES string of the molecule is CN(C)C1CN(c2cc(OC3CC3)c(C#N)c(-c3c(-c4ccc5c(=O)[nH]nc(CN)c5c4)cnn3C)c2F)C1. The molecule has 6 rings (SSSR count). The Morgan fingerprint density at radius 1 is 1.26 bits per heavy atom. The summed E-state index contributed by atoms with van der Waals surface area (Å²) in [5, 5.41) is 22.3. The maximum Gasteiger partial charge on any atom is 0.272 e. The van der Waals surface area contributed by atoms with Gasteiger partial charge in [0.2, 0.25) is 0 Å². The number of nitrogens with two attached hydrogens (primary N) is 1. The lowest BCUT2D eigenvalue weighted by Gasteiger charge is -2.44. The molecule has 0 radical (unpaired) electrons. The average molecular weight is 529 g/mol. The van der Waals surface area contributed by atoms with Crippen LogP contribution < -0.4 is 20.9 Å². The van der Waals surface area contributed by atoms with Gasteiger partial charge in [-0.1, -0.05) is 6.07 Å². The fraction of sp³-hybridized carbons (Fsp3) is 0.357. The first-order valence-corrected chi connectivity index (χ1v) is 12.9. The van der Waals surface area contributed by atoms with Gasteiger partial charge in [-0.25, -0.2) is 9.49 Å². The van der Waals surface area contributed by atoms with Gasteiger partial charge in [0.25, 0.3) is 5.56 Å². The van der Waals surface area contributed by atoms with Gasteiger partial charge >= 0.3 is 0 Å². The summed E-state index contributed by atoms with van der Waals surface area (Å²) in [6, 6.07) is 9.48. The second kappa shape index (κ2) is 9.48. The number of fused-ring (bicyclic) bond motifs is 1. The minimum Gasteiger partial charge on any atom is -0.489 e. The van der Waals surface area contributed by atoms with E-state index in [4.69, 9.17) is 10.5 Å². The Balaban J connectivity index is 1.55. The zero-order valence-electron chi connectivity index (χ0n) is 22.0. The molecule has 0 bridgehead atoms. The van der Waals surface area contributed by atoms with Gasteiger partial charge in [0.15, 0.2) is 5.82 Å². The minimum absolute atomic E-state index is 0.0287. The summed E-state index contributed by atoms with van der Waals surface area (Å²) in [5.41, 5.74) is 8.55. The van der Waals surface area contributed by atoms with E-state index in [1.165, 1.54) is 0 Å². The van der Waals surface area contributed by atoms with Crippen LogP contribution in [0.5, 0.6) is 5.75 Å². The lowest BCUT2D eigenvalue weighted by Crippen LogP contribution is -2.57. The summed E-state index contributed by atoms with van der Waals surface area (Å²) >= 11 is 0. The number of aromatic amines is 1. The summed E-state index contributed by atoms with van der Waals surface area (Å²) in [5.74, 6) is -0.107. The van der Waals surface area contributed by atoms with Crippen LogP contribution in [0.1, 0.15) is 24.1 Å².